The minimum atomic E-state index is -1.20. The first kappa shape index (κ1) is 30.2. The number of fused-ring (bicyclic) bond motifs is 1. The van der Waals surface area contributed by atoms with E-state index in [0.29, 0.717) is 35.8 Å². The molecule has 0 radical (unpaired) electrons. The second-order valence-corrected chi connectivity index (χ2v) is 12.6. The summed E-state index contributed by atoms with van der Waals surface area (Å²) in [5.74, 6) is -2.69. The molecule has 42 heavy (non-hydrogen) atoms. The molecule has 2 aromatic heterocycles. The van der Waals surface area contributed by atoms with E-state index >= 15 is 0 Å². The highest BCUT2D eigenvalue weighted by Crippen LogP contribution is 2.47. The molecule has 1 aromatic carbocycles. The monoisotopic (exact) mass is 634 g/mol. The van der Waals surface area contributed by atoms with Crippen molar-refractivity contribution in [2.24, 2.45) is 16.8 Å². The van der Waals surface area contributed by atoms with Gasteiger partial charge in [0, 0.05) is 39.6 Å². The number of rotatable bonds is 6. The Balaban J connectivity index is 0.00000353. The summed E-state index contributed by atoms with van der Waals surface area (Å²) >= 11 is 9.28. The van der Waals surface area contributed by atoms with Crippen molar-refractivity contribution in [3.05, 3.63) is 77.8 Å². The van der Waals surface area contributed by atoms with Gasteiger partial charge in [-0.2, -0.15) is 0 Å². The van der Waals surface area contributed by atoms with Crippen LogP contribution in [0.3, 0.4) is 0 Å². The summed E-state index contributed by atoms with van der Waals surface area (Å²) < 4.78 is 38.6. The second-order valence-electron chi connectivity index (χ2n) is 10.2. The Morgan fingerprint density at radius 1 is 1.14 bits per heavy atom. The molecule has 2 aliphatic carbocycles. The first-order valence-corrected chi connectivity index (χ1v) is 15.1. The van der Waals surface area contributed by atoms with Gasteiger partial charge in [0.05, 0.1) is 41.4 Å². The highest BCUT2D eigenvalue weighted by Gasteiger charge is 2.41. The van der Waals surface area contributed by atoms with Crippen LogP contribution in [-0.2, 0) is 31.9 Å². The fourth-order valence-corrected chi connectivity index (χ4v) is 7.80. The van der Waals surface area contributed by atoms with E-state index in [0.717, 1.165) is 34.5 Å². The van der Waals surface area contributed by atoms with Gasteiger partial charge in [-0.05, 0) is 38.2 Å². The number of aliphatic imine (C=N–C) groups is 1. The van der Waals surface area contributed by atoms with E-state index in [9.17, 15) is 18.4 Å². The van der Waals surface area contributed by atoms with Gasteiger partial charge in [0.2, 0.25) is 0 Å². The Morgan fingerprint density at radius 3 is 2.62 bits per heavy atom. The maximum absolute atomic E-state index is 14.6. The van der Waals surface area contributed by atoms with Gasteiger partial charge in [0.1, 0.15) is 6.04 Å². The molecule has 1 N–H and O–H groups in total. The standard InChI is InChI=1S/C28H25ClF2N4O4S2.CH4/c1-38-27(36)14-9-13(10-14)25-33-17-6-3-12(11-18(17)41-25)22-19(28(37)39-2)23(15-4-5-16(30)21(31)20(15)29)35-24(34-22)26-32-7-8-40-26;/h4-5,7-8,12-14,23H,3,6,9-11H2,1-2H3,(H,34,35);1H4. The Labute approximate surface area is 254 Å². The molecule has 0 saturated heterocycles. The molecule has 1 saturated carbocycles. The molecule has 13 heteroatoms. The van der Waals surface area contributed by atoms with E-state index in [1.165, 1.54) is 31.6 Å². The van der Waals surface area contributed by atoms with Crippen molar-refractivity contribution in [3.63, 3.8) is 0 Å². The third kappa shape index (κ3) is 5.35. The molecule has 0 amide bonds. The Kier molecular flexibility index (Phi) is 8.77. The number of amidine groups is 1. The van der Waals surface area contributed by atoms with Crippen LogP contribution in [0.15, 0.2) is 40.0 Å². The normalized spacial score (nSPS) is 23.1. The van der Waals surface area contributed by atoms with Gasteiger partial charge in [-0.1, -0.05) is 25.1 Å². The van der Waals surface area contributed by atoms with Crippen LogP contribution >= 0.6 is 34.3 Å². The number of halogens is 3. The lowest BCUT2D eigenvalue weighted by molar-refractivity contribution is -0.148. The summed E-state index contributed by atoms with van der Waals surface area (Å²) in [6, 6.07) is 1.28. The van der Waals surface area contributed by atoms with Crippen molar-refractivity contribution in [1.82, 2.24) is 15.3 Å². The largest absolute Gasteiger partial charge is 0.469 e. The Hall–Kier alpha value is -3.22. The maximum Gasteiger partial charge on any atom is 0.338 e. The van der Waals surface area contributed by atoms with E-state index < -0.39 is 28.7 Å². The molecule has 2 atom stereocenters. The zero-order valence-electron chi connectivity index (χ0n) is 22.1. The number of esters is 2. The number of aryl methyl sites for hydroxylation is 1. The van der Waals surface area contributed by atoms with Crippen LogP contribution in [0.5, 0.6) is 0 Å². The molecule has 3 aliphatic rings. The maximum atomic E-state index is 14.6. The summed E-state index contributed by atoms with van der Waals surface area (Å²) in [7, 11) is 2.68. The molecule has 0 spiro atoms. The van der Waals surface area contributed by atoms with Crippen molar-refractivity contribution >= 4 is 52.0 Å². The highest BCUT2D eigenvalue weighted by atomic mass is 35.5. The molecule has 1 aliphatic heterocycles. The van der Waals surface area contributed by atoms with Crippen LogP contribution in [-0.4, -0.2) is 42.0 Å². The number of aromatic nitrogens is 2. The smallest absolute Gasteiger partial charge is 0.338 e. The summed E-state index contributed by atoms with van der Waals surface area (Å²) in [6.07, 6.45) is 5.10. The van der Waals surface area contributed by atoms with Crippen molar-refractivity contribution in [1.29, 1.82) is 0 Å². The minimum Gasteiger partial charge on any atom is -0.469 e. The lowest BCUT2D eigenvalue weighted by Gasteiger charge is -2.32. The molecular formula is C29H29ClF2N4O4S2. The number of hydrogen-bond acceptors (Lipinski definition) is 10. The third-order valence-electron chi connectivity index (χ3n) is 7.86. The number of benzene rings is 1. The molecule has 222 valence electrons. The van der Waals surface area contributed by atoms with Gasteiger partial charge >= 0.3 is 11.9 Å². The Bertz CT molecular complexity index is 1580. The zero-order chi connectivity index (χ0) is 28.8. The molecule has 2 unspecified atom stereocenters. The zero-order valence-corrected chi connectivity index (χ0v) is 24.5. The van der Waals surface area contributed by atoms with E-state index in [1.54, 1.807) is 22.9 Å². The minimum absolute atomic E-state index is 0. The number of ether oxygens (including phenoxy) is 2. The molecule has 3 heterocycles. The second kappa shape index (κ2) is 12.2. The van der Waals surface area contributed by atoms with E-state index in [4.69, 9.17) is 31.1 Å². The topological polar surface area (TPSA) is 103 Å². The van der Waals surface area contributed by atoms with Gasteiger partial charge in [-0.3, -0.25) is 9.79 Å². The number of nitrogens with zero attached hydrogens (tertiary/aromatic N) is 3. The number of carbonyl (C=O) groups excluding carboxylic acids is 2. The number of nitrogens with one attached hydrogen (secondary N) is 1. The van der Waals surface area contributed by atoms with Gasteiger partial charge in [0.25, 0.3) is 0 Å². The van der Waals surface area contributed by atoms with Gasteiger partial charge < -0.3 is 14.8 Å². The van der Waals surface area contributed by atoms with Gasteiger partial charge in [0.15, 0.2) is 22.5 Å². The summed E-state index contributed by atoms with van der Waals surface area (Å²) in [5, 5.41) is 6.30. The van der Waals surface area contributed by atoms with E-state index in [1.807, 2.05) is 0 Å². The average Bonchev–Trinajstić information content (AvgIpc) is 3.64. The molecule has 3 aromatic rings. The number of hydrogen-bond donors (Lipinski definition) is 1. The average molecular weight is 635 g/mol. The first-order chi connectivity index (χ1) is 19.8. The molecular weight excluding hydrogens is 606 g/mol. The highest BCUT2D eigenvalue weighted by molar-refractivity contribution is 7.12. The van der Waals surface area contributed by atoms with E-state index in [-0.39, 0.29) is 42.3 Å². The van der Waals surface area contributed by atoms with Crippen LogP contribution in [0.2, 0.25) is 5.02 Å². The van der Waals surface area contributed by atoms with Crippen molar-refractivity contribution in [2.75, 3.05) is 14.2 Å². The van der Waals surface area contributed by atoms with Gasteiger partial charge in [-0.15, -0.1) is 22.7 Å². The predicted octanol–water partition coefficient (Wildman–Crippen LogP) is 6.16. The Morgan fingerprint density at radius 2 is 1.93 bits per heavy atom. The predicted molar refractivity (Wildman–Crippen MR) is 157 cm³/mol. The first-order valence-electron chi connectivity index (χ1n) is 13.1. The molecule has 0 bridgehead atoms. The molecule has 6 rings (SSSR count). The summed E-state index contributed by atoms with van der Waals surface area (Å²) in [5.41, 5.74) is 1.98. The fraction of sp³-hybridized carbons (Fsp3) is 0.414. The fourth-order valence-electron chi connectivity index (χ4n) is 5.64. The lowest BCUT2D eigenvalue weighted by atomic mass is 9.75. The molecule has 8 nitrogen and oxygen atoms in total. The summed E-state index contributed by atoms with van der Waals surface area (Å²) in [6.45, 7) is 0. The third-order valence-corrected chi connectivity index (χ3v) is 10.3. The number of carbonyl (C=O) groups is 2. The van der Waals surface area contributed by atoms with Crippen molar-refractivity contribution in [2.45, 2.75) is 51.5 Å². The van der Waals surface area contributed by atoms with Crippen molar-refractivity contribution < 1.29 is 27.8 Å². The van der Waals surface area contributed by atoms with Crippen LogP contribution in [0, 0.1) is 23.5 Å². The SMILES string of the molecule is C.COC(=O)C1=C(C2CCc3nc(C4CC(C(=O)OC)C4)sc3C2)NC(c2nccs2)=NC1c1ccc(F)c(F)c1Cl. The number of methoxy groups -OCH3 is 2. The van der Waals surface area contributed by atoms with Crippen molar-refractivity contribution in [3.8, 4) is 0 Å². The van der Waals surface area contributed by atoms with Gasteiger partial charge in [-0.25, -0.2) is 23.5 Å². The van der Waals surface area contributed by atoms with Crippen LogP contribution < -0.4 is 5.32 Å². The molecule has 1 fully saturated rings. The van der Waals surface area contributed by atoms with Crippen LogP contribution in [0.4, 0.5) is 8.78 Å². The number of thiazole rings is 2. The summed E-state index contributed by atoms with van der Waals surface area (Å²) in [4.78, 5) is 40.2. The van der Waals surface area contributed by atoms with E-state index in [2.05, 4.69) is 10.3 Å². The van der Waals surface area contributed by atoms with Crippen LogP contribution in [0.1, 0.15) is 64.8 Å². The number of allylic oxidation sites excluding steroid dienone is 1. The lowest BCUT2D eigenvalue weighted by Crippen LogP contribution is -2.38. The quantitative estimate of drug-likeness (QED) is 0.256. The van der Waals surface area contributed by atoms with Crippen LogP contribution in [0.25, 0.3) is 0 Å².